The van der Waals surface area contributed by atoms with Crippen molar-refractivity contribution in [1.29, 1.82) is 0 Å². The average Bonchev–Trinajstić information content (AvgIpc) is 2.97. The summed E-state index contributed by atoms with van der Waals surface area (Å²) in [4.78, 5) is 24.6. The third-order valence-corrected chi connectivity index (χ3v) is 15.3. The fourth-order valence-corrected chi connectivity index (χ4v) is 12.9. The number of aliphatic carboxylic acids is 1. The highest BCUT2D eigenvalue weighted by Gasteiger charge is 2.69. The van der Waals surface area contributed by atoms with Crippen LogP contribution in [-0.2, 0) is 19.1 Å². The van der Waals surface area contributed by atoms with E-state index in [9.17, 15) is 35.1 Å². The molecule has 10 nitrogen and oxygen atoms in total. The predicted octanol–water partition coefficient (Wildman–Crippen LogP) is 4.03. The van der Waals surface area contributed by atoms with Crippen molar-refractivity contribution in [3.05, 3.63) is 11.6 Å². The molecular formula is C38H61NO9. The zero-order valence-corrected chi connectivity index (χ0v) is 30.2. The van der Waals surface area contributed by atoms with Crippen molar-refractivity contribution in [3.63, 3.8) is 0 Å². The smallest absolute Gasteiger partial charge is 0.306 e. The lowest BCUT2D eigenvalue weighted by atomic mass is 9.34. The van der Waals surface area contributed by atoms with E-state index in [1.54, 1.807) is 0 Å². The molecule has 5 fully saturated rings. The average molecular weight is 676 g/mol. The first-order chi connectivity index (χ1) is 22.2. The Morgan fingerprint density at radius 3 is 2.27 bits per heavy atom. The minimum absolute atomic E-state index is 0.0214. The molecule has 272 valence electrons. The molecule has 0 aromatic heterocycles. The van der Waals surface area contributed by atoms with Gasteiger partial charge in [0.05, 0.1) is 24.7 Å². The lowest BCUT2D eigenvalue weighted by Gasteiger charge is -2.71. The van der Waals surface area contributed by atoms with Gasteiger partial charge in [0.1, 0.15) is 24.4 Å². The molecule has 0 radical (unpaired) electrons. The first kappa shape index (κ1) is 36.2. The fourth-order valence-electron chi connectivity index (χ4n) is 12.9. The molecular weight excluding hydrogens is 614 g/mol. The Morgan fingerprint density at radius 1 is 0.958 bits per heavy atom. The van der Waals surface area contributed by atoms with Crippen LogP contribution in [0.25, 0.3) is 0 Å². The zero-order valence-electron chi connectivity index (χ0n) is 30.2. The molecule has 0 bridgehead atoms. The normalized spacial score (nSPS) is 50.9. The lowest BCUT2D eigenvalue weighted by Crippen LogP contribution is -2.67. The molecule has 1 aliphatic heterocycles. The van der Waals surface area contributed by atoms with Crippen LogP contribution in [0.15, 0.2) is 11.6 Å². The number of hydrogen-bond acceptors (Lipinski definition) is 8. The maximum atomic E-state index is 12.5. The molecule has 6 N–H and O–H groups in total. The molecule has 10 heteroatoms. The van der Waals surface area contributed by atoms with Crippen molar-refractivity contribution < 1.29 is 44.6 Å². The van der Waals surface area contributed by atoms with Gasteiger partial charge in [0.15, 0.2) is 6.29 Å². The van der Waals surface area contributed by atoms with Crippen molar-refractivity contribution in [2.75, 3.05) is 6.61 Å². The number of carbonyl (C=O) groups is 2. The van der Waals surface area contributed by atoms with Gasteiger partial charge in [0.2, 0.25) is 5.91 Å². The Morgan fingerprint density at radius 2 is 1.65 bits per heavy atom. The molecule has 48 heavy (non-hydrogen) atoms. The van der Waals surface area contributed by atoms with Gasteiger partial charge < -0.3 is 40.3 Å². The summed E-state index contributed by atoms with van der Waals surface area (Å²) in [5, 5.41) is 56.1. The van der Waals surface area contributed by atoms with Crippen LogP contribution >= 0.6 is 0 Å². The van der Waals surface area contributed by atoms with Gasteiger partial charge in [0, 0.05) is 12.8 Å². The molecule has 1 amide bonds. The molecule has 0 unspecified atom stereocenters. The highest BCUT2D eigenvalue weighted by molar-refractivity contribution is 5.73. The first-order valence-corrected chi connectivity index (χ1v) is 18.4. The number of nitrogens with one attached hydrogen (secondary N) is 1. The van der Waals surface area contributed by atoms with E-state index in [0.29, 0.717) is 24.7 Å². The number of allylic oxidation sites excluding steroid dienone is 2. The van der Waals surface area contributed by atoms with E-state index in [-0.39, 0.29) is 50.9 Å². The molecule has 6 rings (SSSR count). The van der Waals surface area contributed by atoms with Crippen LogP contribution in [0.1, 0.15) is 107 Å². The van der Waals surface area contributed by atoms with E-state index >= 15 is 0 Å². The number of aliphatic hydroxyl groups is 4. The Bertz CT molecular complexity index is 1310. The molecule has 5 aliphatic carbocycles. The summed E-state index contributed by atoms with van der Waals surface area (Å²) in [5.74, 6) is -1.21. The zero-order chi connectivity index (χ0) is 35.4. The van der Waals surface area contributed by atoms with Crippen LogP contribution in [0, 0.1) is 56.7 Å². The fraction of sp³-hybridized carbons (Fsp3) is 0.895. The second kappa shape index (κ2) is 12.0. The first-order valence-electron chi connectivity index (χ1n) is 18.4. The standard InChI is InChI=1S/C38H61NO9/c1-19(41)39-29-31(44)30(43)24(18-40)47-33(29)48-27-12-13-36(6)25(35(27,4)5)11-14-37(7)26(36)10-9-22-20-15-34(2,3)16-21(32(45)46)28(20)23(42)17-38(22,37)8/h9,20-21,23-31,33,40,42-44H,10-18H2,1-8H3,(H,39,41)(H,45,46)/t20-,21+,23+,24+,25+,26+,27-,28-,29+,30+,31+,33-,36-,37+,38+/m0/s1. The molecule has 0 aromatic rings. The third-order valence-electron chi connectivity index (χ3n) is 15.3. The van der Waals surface area contributed by atoms with Gasteiger partial charge in [-0.15, -0.1) is 0 Å². The second-order valence-corrected chi connectivity index (χ2v) is 18.7. The predicted molar refractivity (Wildman–Crippen MR) is 178 cm³/mol. The SMILES string of the molecule is CC(=O)N[C@H]1[C@H](O[C@H]2CC[C@@]3(C)[C@H](CC[C@]4(C)[C@@H]3CC=C3[C@@H]5CC(C)(C)C[C@@H](C(=O)O)[C@H]5[C@H](O)C[C@]34C)C2(C)C)O[C@H](CO)[C@@H](O)[C@@H]1O. The van der Waals surface area contributed by atoms with Gasteiger partial charge in [-0.25, -0.2) is 0 Å². The Labute approximate surface area is 286 Å². The molecule has 4 saturated carbocycles. The Hall–Kier alpha value is -1.56. The highest BCUT2D eigenvalue weighted by atomic mass is 16.7. The van der Waals surface area contributed by atoms with Gasteiger partial charge in [-0.2, -0.15) is 0 Å². The van der Waals surface area contributed by atoms with E-state index in [1.165, 1.54) is 12.5 Å². The highest BCUT2D eigenvalue weighted by Crippen LogP contribution is 2.75. The monoisotopic (exact) mass is 675 g/mol. The van der Waals surface area contributed by atoms with E-state index in [1.807, 2.05) is 0 Å². The maximum absolute atomic E-state index is 12.5. The van der Waals surface area contributed by atoms with Crippen LogP contribution < -0.4 is 5.32 Å². The lowest BCUT2D eigenvalue weighted by molar-refractivity contribution is -0.307. The molecule has 1 saturated heterocycles. The molecule has 15 atom stereocenters. The van der Waals surface area contributed by atoms with Crippen molar-refractivity contribution >= 4 is 11.9 Å². The number of carboxylic acids is 1. The van der Waals surface area contributed by atoms with Gasteiger partial charge in [0.25, 0.3) is 0 Å². The van der Waals surface area contributed by atoms with Crippen molar-refractivity contribution in [2.45, 2.75) is 150 Å². The minimum atomic E-state index is -1.36. The van der Waals surface area contributed by atoms with Crippen LogP contribution in [-0.4, -0.2) is 86.9 Å². The number of carboxylic acid groups (broad SMARTS) is 1. The summed E-state index contributed by atoms with van der Waals surface area (Å²) >= 11 is 0. The number of hydrogen-bond donors (Lipinski definition) is 6. The van der Waals surface area contributed by atoms with Crippen LogP contribution in [0.3, 0.4) is 0 Å². The van der Waals surface area contributed by atoms with E-state index in [2.05, 4.69) is 59.9 Å². The summed E-state index contributed by atoms with van der Waals surface area (Å²) in [6.07, 6.45) is 3.45. The van der Waals surface area contributed by atoms with Crippen molar-refractivity contribution in [2.24, 2.45) is 56.7 Å². The van der Waals surface area contributed by atoms with E-state index < -0.39 is 55.2 Å². The topological polar surface area (TPSA) is 166 Å². The largest absolute Gasteiger partial charge is 0.481 e. The molecule has 6 aliphatic rings. The van der Waals surface area contributed by atoms with Gasteiger partial charge in [-0.05, 0) is 96.2 Å². The summed E-state index contributed by atoms with van der Waals surface area (Å²) in [6.45, 7) is 17.0. The maximum Gasteiger partial charge on any atom is 0.306 e. The van der Waals surface area contributed by atoms with Crippen molar-refractivity contribution in [3.8, 4) is 0 Å². The molecule has 1 heterocycles. The molecule has 0 spiro atoms. The number of carbonyl (C=O) groups excluding carboxylic acids is 1. The summed E-state index contributed by atoms with van der Waals surface area (Å²) < 4.78 is 12.7. The van der Waals surface area contributed by atoms with Crippen LogP contribution in [0.2, 0.25) is 0 Å². The van der Waals surface area contributed by atoms with E-state index in [4.69, 9.17) is 9.47 Å². The number of fused-ring (bicyclic) bond motifs is 7. The van der Waals surface area contributed by atoms with Crippen LogP contribution in [0.5, 0.6) is 0 Å². The number of aliphatic hydroxyl groups excluding tert-OH is 4. The number of amides is 1. The van der Waals surface area contributed by atoms with Crippen molar-refractivity contribution in [1.82, 2.24) is 5.32 Å². The third kappa shape index (κ3) is 5.33. The Balaban J connectivity index is 1.29. The van der Waals surface area contributed by atoms with Gasteiger partial charge in [-0.3, -0.25) is 9.59 Å². The van der Waals surface area contributed by atoms with E-state index in [0.717, 1.165) is 38.5 Å². The summed E-state index contributed by atoms with van der Waals surface area (Å²) in [6, 6.07) is -0.979. The molecule has 0 aromatic carbocycles. The summed E-state index contributed by atoms with van der Waals surface area (Å²) in [7, 11) is 0. The van der Waals surface area contributed by atoms with Gasteiger partial charge in [-0.1, -0.05) is 60.1 Å². The number of ether oxygens (including phenoxy) is 2. The number of rotatable bonds is 5. The summed E-state index contributed by atoms with van der Waals surface area (Å²) in [5.41, 5.74) is 0.655. The second-order valence-electron chi connectivity index (χ2n) is 18.7. The Kier molecular flexibility index (Phi) is 9.07. The quantitative estimate of drug-likeness (QED) is 0.186. The minimum Gasteiger partial charge on any atom is -0.481 e. The van der Waals surface area contributed by atoms with Gasteiger partial charge >= 0.3 is 5.97 Å². The van der Waals surface area contributed by atoms with Crippen LogP contribution in [0.4, 0.5) is 0 Å².